The van der Waals surface area contributed by atoms with Gasteiger partial charge in [-0.25, -0.2) is 8.78 Å². The molecule has 64 valence electrons. The van der Waals surface area contributed by atoms with Crippen LogP contribution in [-0.4, -0.2) is 36.0 Å². The average molecular weight is 165 g/mol. The molecule has 0 aromatic carbocycles. The molecular weight excluding hydrogens is 156 g/mol. The molecular formula is C6H9F2NO2. The normalized spacial score (nSPS) is 38.5. The van der Waals surface area contributed by atoms with E-state index in [1.165, 1.54) is 0 Å². The number of rotatable bonds is 1. The number of nitrogens with one attached hydrogen (secondary N) is 1. The average Bonchev–Trinajstić information content (AvgIpc) is 1.94. The van der Waals surface area contributed by atoms with Crippen molar-refractivity contribution in [2.75, 3.05) is 6.54 Å². The fourth-order valence-electron chi connectivity index (χ4n) is 1.03. The fraction of sp³-hybridized carbons (Fsp3) is 0.833. The molecule has 0 unspecified atom stereocenters. The van der Waals surface area contributed by atoms with Crippen molar-refractivity contribution in [1.29, 1.82) is 0 Å². The van der Waals surface area contributed by atoms with E-state index in [4.69, 9.17) is 5.11 Å². The van der Waals surface area contributed by atoms with Crippen molar-refractivity contribution in [1.82, 2.24) is 5.32 Å². The minimum atomic E-state index is -1.64. The number of carbonyl (C=O) groups is 1. The highest BCUT2D eigenvalue weighted by molar-refractivity contribution is 5.73. The number of carboxylic acids is 1. The smallest absolute Gasteiger partial charge is 0.320 e. The van der Waals surface area contributed by atoms with Gasteiger partial charge in [-0.05, 0) is 0 Å². The lowest BCUT2D eigenvalue weighted by molar-refractivity contribution is -0.141. The number of carboxylic acid groups (broad SMARTS) is 1. The van der Waals surface area contributed by atoms with Crippen LogP contribution in [0.1, 0.15) is 6.42 Å². The van der Waals surface area contributed by atoms with Gasteiger partial charge in [0, 0.05) is 13.0 Å². The molecule has 1 rings (SSSR count). The van der Waals surface area contributed by atoms with Crippen molar-refractivity contribution in [3.63, 3.8) is 0 Å². The van der Waals surface area contributed by atoms with E-state index in [0.717, 1.165) is 0 Å². The maximum atomic E-state index is 12.5. The minimum absolute atomic E-state index is 0.210. The monoisotopic (exact) mass is 165 g/mol. The van der Waals surface area contributed by atoms with Crippen molar-refractivity contribution in [2.45, 2.75) is 24.8 Å². The van der Waals surface area contributed by atoms with Crippen molar-refractivity contribution in [3.05, 3.63) is 0 Å². The van der Waals surface area contributed by atoms with Crippen molar-refractivity contribution < 1.29 is 18.7 Å². The Morgan fingerprint density at radius 1 is 1.45 bits per heavy atom. The first-order valence-corrected chi connectivity index (χ1v) is 3.35. The summed E-state index contributed by atoms with van der Waals surface area (Å²) in [4.78, 5) is 10.3. The van der Waals surface area contributed by atoms with Crippen LogP contribution in [0.15, 0.2) is 0 Å². The molecule has 0 aromatic rings. The highest BCUT2D eigenvalue weighted by atomic mass is 19.2. The molecule has 3 nitrogen and oxygen atoms in total. The van der Waals surface area contributed by atoms with Gasteiger partial charge >= 0.3 is 5.97 Å². The van der Waals surface area contributed by atoms with Crippen LogP contribution >= 0.6 is 0 Å². The summed E-state index contributed by atoms with van der Waals surface area (Å²) in [6, 6.07) is -0.933. The number of hydrogen-bond donors (Lipinski definition) is 2. The van der Waals surface area contributed by atoms with E-state index in [-0.39, 0.29) is 13.0 Å². The molecule has 2 N–H and O–H groups in total. The lowest BCUT2D eigenvalue weighted by Gasteiger charge is -2.25. The van der Waals surface area contributed by atoms with Gasteiger partial charge in [-0.1, -0.05) is 0 Å². The third kappa shape index (κ3) is 1.86. The molecule has 0 amide bonds. The minimum Gasteiger partial charge on any atom is -0.480 e. The zero-order valence-electron chi connectivity index (χ0n) is 5.76. The van der Waals surface area contributed by atoms with Crippen LogP contribution in [0.25, 0.3) is 0 Å². The van der Waals surface area contributed by atoms with Crippen molar-refractivity contribution in [3.8, 4) is 0 Å². The molecule has 1 fully saturated rings. The zero-order chi connectivity index (χ0) is 8.43. The van der Waals surface area contributed by atoms with Crippen LogP contribution in [0.3, 0.4) is 0 Å². The van der Waals surface area contributed by atoms with Gasteiger partial charge in [-0.15, -0.1) is 0 Å². The van der Waals surface area contributed by atoms with Gasteiger partial charge in [-0.2, -0.15) is 0 Å². The molecule has 0 aliphatic carbocycles. The van der Waals surface area contributed by atoms with Crippen LogP contribution in [0.2, 0.25) is 0 Å². The van der Waals surface area contributed by atoms with E-state index in [0.29, 0.717) is 0 Å². The molecule has 0 aromatic heterocycles. The van der Waals surface area contributed by atoms with Gasteiger partial charge in [0.05, 0.1) is 0 Å². The fourth-order valence-corrected chi connectivity index (χ4v) is 1.03. The van der Waals surface area contributed by atoms with Gasteiger partial charge in [0.25, 0.3) is 0 Å². The first-order valence-electron chi connectivity index (χ1n) is 3.35. The largest absolute Gasteiger partial charge is 0.480 e. The van der Waals surface area contributed by atoms with Crippen LogP contribution in [0, 0.1) is 0 Å². The van der Waals surface area contributed by atoms with Gasteiger partial charge < -0.3 is 10.4 Å². The van der Waals surface area contributed by atoms with Crippen molar-refractivity contribution in [2.24, 2.45) is 0 Å². The Hall–Kier alpha value is -0.710. The molecule has 0 saturated carbocycles. The summed E-state index contributed by atoms with van der Waals surface area (Å²) in [6.45, 7) is -0.210. The van der Waals surface area contributed by atoms with Gasteiger partial charge in [0.1, 0.15) is 18.4 Å². The maximum Gasteiger partial charge on any atom is 0.320 e. The van der Waals surface area contributed by atoms with Gasteiger partial charge in [-0.3, -0.25) is 4.79 Å². The predicted molar refractivity (Wildman–Crippen MR) is 33.8 cm³/mol. The second kappa shape index (κ2) is 3.13. The molecule has 0 bridgehead atoms. The number of piperidine rings is 1. The summed E-state index contributed by atoms with van der Waals surface area (Å²) in [5.41, 5.74) is 0. The molecule has 0 radical (unpaired) electrons. The Morgan fingerprint density at radius 3 is 2.55 bits per heavy atom. The molecule has 11 heavy (non-hydrogen) atoms. The maximum absolute atomic E-state index is 12.5. The predicted octanol–water partition coefficient (Wildman–Crippen LogP) is 0.109. The summed E-state index contributed by atoms with van der Waals surface area (Å²) >= 11 is 0. The van der Waals surface area contributed by atoms with Crippen molar-refractivity contribution >= 4 is 5.97 Å². The van der Waals surface area contributed by atoms with E-state index < -0.39 is 24.4 Å². The topological polar surface area (TPSA) is 49.3 Å². The third-order valence-electron chi connectivity index (χ3n) is 1.71. The second-order valence-corrected chi connectivity index (χ2v) is 2.57. The van der Waals surface area contributed by atoms with Gasteiger partial charge in [0.2, 0.25) is 0 Å². The van der Waals surface area contributed by atoms with E-state index in [1.807, 2.05) is 0 Å². The standard InChI is InChI=1S/C6H9F2NO2/c7-3-1-5(6(10)11)9-2-4(3)8/h3-5,9H,1-2H2,(H,10,11)/t3-,4+,5+/m1/s1. The SMILES string of the molecule is O=C(O)[C@@H]1C[C@@H](F)[C@@H](F)CN1. The summed E-state index contributed by atoms with van der Waals surface area (Å²) in [5.74, 6) is -1.13. The molecule has 1 heterocycles. The molecule has 3 atom stereocenters. The first kappa shape index (κ1) is 8.39. The summed E-state index contributed by atoms with van der Waals surface area (Å²) in [5, 5.41) is 10.8. The van der Waals surface area contributed by atoms with E-state index in [9.17, 15) is 13.6 Å². The molecule has 1 aliphatic heterocycles. The number of hydrogen-bond acceptors (Lipinski definition) is 2. The Labute approximate surface area is 62.4 Å². The van der Waals surface area contributed by atoms with Gasteiger partial charge in [0.15, 0.2) is 0 Å². The van der Waals surface area contributed by atoms with Crippen LogP contribution in [-0.2, 0) is 4.79 Å². The zero-order valence-corrected chi connectivity index (χ0v) is 5.76. The molecule has 1 saturated heterocycles. The lowest BCUT2D eigenvalue weighted by Crippen LogP contribution is -2.49. The number of halogens is 2. The lowest BCUT2D eigenvalue weighted by atomic mass is 10.0. The van der Waals surface area contributed by atoms with Crippen LogP contribution in [0.5, 0.6) is 0 Å². The van der Waals surface area contributed by atoms with E-state index in [2.05, 4.69) is 5.32 Å². The van der Waals surface area contributed by atoms with Crippen LogP contribution in [0.4, 0.5) is 8.78 Å². The van der Waals surface area contributed by atoms with E-state index in [1.54, 1.807) is 0 Å². The molecule has 1 aliphatic rings. The summed E-state index contributed by atoms with van der Waals surface area (Å²) in [7, 11) is 0. The summed E-state index contributed by atoms with van der Waals surface area (Å²) in [6.07, 6.45) is -3.49. The Balaban J connectivity index is 2.46. The Bertz CT molecular complexity index is 165. The molecule has 0 spiro atoms. The highest BCUT2D eigenvalue weighted by Gasteiger charge is 2.33. The quantitative estimate of drug-likeness (QED) is 0.579. The second-order valence-electron chi connectivity index (χ2n) is 2.57. The van der Waals surface area contributed by atoms with E-state index >= 15 is 0 Å². The van der Waals surface area contributed by atoms with Crippen LogP contribution < -0.4 is 5.32 Å². The highest BCUT2D eigenvalue weighted by Crippen LogP contribution is 2.15. The number of alkyl halides is 2. The Kier molecular flexibility index (Phi) is 2.38. The first-order chi connectivity index (χ1) is 5.11. The number of aliphatic carboxylic acids is 1. The molecule has 5 heteroatoms. The summed E-state index contributed by atoms with van der Waals surface area (Å²) < 4.78 is 24.9. The third-order valence-corrected chi connectivity index (χ3v) is 1.71. The Morgan fingerprint density at radius 2 is 2.09 bits per heavy atom.